The van der Waals surface area contributed by atoms with Gasteiger partial charge in [0.1, 0.15) is 29.9 Å². The lowest BCUT2D eigenvalue weighted by molar-refractivity contribution is 0.0273. The van der Waals surface area contributed by atoms with Crippen molar-refractivity contribution in [2.24, 2.45) is 0 Å². The fraction of sp³-hybridized carbons (Fsp3) is 0.111. The summed E-state index contributed by atoms with van der Waals surface area (Å²) in [5.41, 5.74) is 3.52. The lowest BCUT2D eigenvalue weighted by atomic mass is 10.1. The first kappa shape index (κ1) is 16.4. The number of terminal acetylenes is 1. The van der Waals surface area contributed by atoms with Gasteiger partial charge < -0.3 is 14.6 Å². The zero-order chi connectivity index (χ0) is 17.6. The highest BCUT2D eigenvalue weighted by Crippen LogP contribution is 2.27. The van der Waals surface area contributed by atoms with Gasteiger partial charge in [-0.05, 0) is 29.8 Å². The van der Waals surface area contributed by atoms with Crippen LogP contribution in [-0.2, 0) is 4.84 Å². The van der Waals surface area contributed by atoms with E-state index in [-0.39, 0.29) is 18.4 Å². The zero-order valence-electron chi connectivity index (χ0n) is 13.0. The number of aromatic carboxylic acids is 1. The predicted molar refractivity (Wildman–Crippen MR) is 87.6 cm³/mol. The highest BCUT2D eigenvalue weighted by atomic mass is 16.7. The molecule has 126 valence electrons. The summed E-state index contributed by atoms with van der Waals surface area (Å²) >= 11 is 0. The van der Waals surface area contributed by atoms with Crippen LogP contribution in [0.3, 0.4) is 0 Å². The molecule has 1 aliphatic rings. The minimum Gasteiger partial charge on any atom is -0.481 e. The Balaban J connectivity index is 1.63. The number of hydrogen-bond acceptors (Lipinski definition) is 6. The Morgan fingerprint density at radius 3 is 2.68 bits per heavy atom. The molecule has 2 heterocycles. The quantitative estimate of drug-likeness (QED) is 0.781. The molecule has 3 rings (SSSR count). The van der Waals surface area contributed by atoms with Gasteiger partial charge in [0.05, 0.1) is 6.20 Å². The van der Waals surface area contributed by atoms with E-state index in [9.17, 15) is 4.79 Å². The number of aromatic nitrogens is 1. The van der Waals surface area contributed by atoms with Crippen molar-refractivity contribution in [3.8, 4) is 23.8 Å². The van der Waals surface area contributed by atoms with Gasteiger partial charge in [0.2, 0.25) is 5.88 Å². The zero-order valence-corrected chi connectivity index (χ0v) is 13.0. The third-order valence-electron chi connectivity index (χ3n) is 3.30. The number of benzene rings is 1. The van der Waals surface area contributed by atoms with Gasteiger partial charge >= 0.3 is 5.97 Å². The maximum atomic E-state index is 10.8. The second-order valence-corrected chi connectivity index (χ2v) is 5.02. The Bertz CT molecular complexity index is 822. The number of ether oxygens (including phenoxy) is 2. The van der Waals surface area contributed by atoms with Crippen LogP contribution in [0.15, 0.2) is 54.6 Å². The number of hydroxylamine groups is 1. The smallest absolute Gasteiger partial charge is 0.354 e. The molecular formula is C18H14N2O5. The molecule has 2 aromatic rings. The molecule has 25 heavy (non-hydrogen) atoms. The molecular weight excluding hydrogens is 324 g/mol. The van der Waals surface area contributed by atoms with Gasteiger partial charge in [0.25, 0.3) is 0 Å². The Kier molecular flexibility index (Phi) is 4.83. The van der Waals surface area contributed by atoms with Crippen molar-refractivity contribution in [1.82, 2.24) is 10.5 Å². The van der Waals surface area contributed by atoms with Gasteiger partial charge in [-0.3, -0.25) is 4.84 Å². The number of nitrogens with one attached hydrogen (secondary N) is 1. The van der Waals surface area contributed by atoms with E-state index < -0.39 is 5.97 Å². The summed E-state index contributed by atoms with van der Waals surface area (Å²) in [6.07, 6.45) is 7.90. The molecule has 1 aromatic heterocycles. The highest BCUT2D eigenvalue weighted by Gasteiger charge is 2.20. The van der Waals surface area contributed by atoms with Crippen molar-refractivity contribution in [1.29, 1.82) is 0 Å². The first-order chi connectivity index (χ1) is 12.2. The molecule has 7 heteroatoms. The number of pyridine rings is 1. The first-order valence-electron chi connectivity index (χ1n) is 7.32. The molecule has 7 nitrogen and oxygen atoms in total. The van der Waals surface area contributed by atoms with Crippen LogP contribution in [0.4, 0.5) is 0 Å². The molecule has 2 N–H and O–H groups in total. The van der Waals surface area contributed by atoms with Crippen molar-refractivity contribution in [2.45, 2.75) is 6.10 Å². The maximum absolute atomic E-state index is 10.8. The van der Waals surface area contributed by atoms with E-state index in [2.05, 4.69) is 16.4 Å². The number of hydrogen-bond donors (Lipinski definition) is 2. The molecule has 0 amide bonds. The van der Waals surface area contributed by atoms with Gasteiger partial charge in [-0.15, -0.1) is 6.42 Å². The second kappa shape index (κ2) is 7.38. The van der Waals surface area contributed by atoms with E-state index in [1.165, 1.54) is 18.3 Å². The summed E-state index contributed by atoms with van der Waals surface area (Å²) in [4.78, 5) is 20.0. The SMILES string of the molecule is C#CCOc1ccc(C2C=C(Oc3ccc(C(=O)O)nc3)NO2)cc1. The van der Waals surface area contributed by atoms with Crippen molar-refractivity contribution in [3.63, 3.8) is 0 Å². The van der Waals surface area contributed by atoms with Gasteiger partial charge in [-0.25, -0.2) is 15.3 Å². The lowest BCUT2D eigenvalue weighted by Crippen LogP contribution is -2.12. The molecule has 1 atom stereocenters. The van der Waals surface area contributed by atoms with E-state index in [1.807, 2.05) is 12.1 Å². The van der Waals surface area contributed by atoms with E-state index in [0.717, 1.165) is 5.56 Å². The fourth-order valence-electron chi connectivity index (χ4n) is 2.12. The van der Waals surface area contributed by atoms with Crippen molar-refractivity contribution >= 4 is 5.97 Å². The molecule has 0 bridgehead atoms. The number of nitrogens with zero attached hydrogens (tertiary/aromatic N) is 1. The average Bonchev–Trinajstić information content (AvgIpc) is 3.09. The van der Waals surface area contributed by atoms with Crippen LogP contribution in [0.1, 0.15) is 22.2 Å². The summed E-state index contributed by atoms with van der Waals surface area (Å²) in [6, 6.07) is 10.2. The molecule has 0 spiro atoms. The predicted octanol–water partition coefficient (Wildman–Crippen LogP) is 2.29. The van der Waals surface area contributed by atoms with Crippen LogP contribution in [0.5, 0.6) is 11.5 Å². The third-order valence-corrected chi connectivity index (χ3v) is 3.30. The molecule has 0 radical (unpaired) electrons. The average molecular weight is 338 g/mol. The number of rotatable bonds is 6. The Labute approximate surface area is 143 Å². The normalized spacial score (nSPS) is 15.6. The van der Waals surface area contributed by atoms with Crippen LogP contribution in [0, 0.1) is 12.3 Å². The van der Waals surface area contributed by atoms with Crippen LogP contribution >= 0.6 is 0 Å². The highest BCUT2D eigenvalue weighted by molar-refractivity contribution is 5.85. The summed E-state index contributed by atoms with van der Waals surface area (Å²) in [7, 11) is 0. The number of carboxylic acid groups (broad SMARTS) is 1. The van der Waals surface area contributed by atoms with Crippen LogP contribution < -0.4 is 15.0 Å². The largest absolute Gasteiger partial charge is 0.481 e. The summed E-state index contributed by atoms with van der Waals surface area (Å²) in [5, 5.41) is 8.82. The topological polar surface area (TPSA) is 89.9 Å². The molecule has 0 saturated carbocycles. The number of carbonyl (C=O) groups is 1. The minimum atomic E-state index is -1.09. The molecule has 1 aliphatic heterocycles. The molecule has 1 unspecified atom stereocenters. The minimum absolute atomic E-state index is 0.0537. The van der Waals surface area contributed by atoms with Crippen molar-refractivity contribution in [3.05, 3.63) is 65.8 Å². The van der Waals surface area contributed by atoms with Gasteiger partial charge in [0.15, 0.2) is 0 Å². The van der Waals surface area contributed by atoms with E-state index >= 15 is 0 Å². The van der Waals surface area contributed by atoms with Crippen LogP contribution in [0.25, 0.3) is 0 Å². The Morgan fingerprint density at radius 2 is 2.04 bits per heavy atom. The van der Waals surface area contributed by atoms with Crippen LogP contribution in [-0.4, -0.2) is 22.7 Å². The van der Waals surface area contributed by atoms with E-state index in [1.54, 1.807) is 18.2 Å². The molecule has 0 saturated heterocycles. The monoisotopic (exact) mass is 338 g/mol. The lowest BCUT2D eigenvalue weighted by Gasteiger charge is -2.08. The third kappa shape index (κ3) is 4.07. The summed E-state index contributed by atoms with van der Waals surface area (Å²) < 4.78 is 10.9. The standard InChI is InChI=1S/C18H14N2O5/c1-2-9-23-13-5-3-12(4-6-13)16-10-17(20-25-16)24-14-7-8-15(18(21)22)19-11-14/h1,3-8,10-11,16,20H,9H2,(H,21,22). The van der Waals surface area contributed by atoms with Gasteiger partial charge in [-0.1, -0.05) is 18.1 Å². The Morgan fingerprint density at radius 1 is 1.28 bits per heavy atom. The van der Waals surface area contributed by atoms with E-state index in [4.69, 9.17) is 25.8 Å². The molecule has 0 aliphatic carbocycles. The van der Waals surface area contributed by atoms with Crippen LogP contribution in [0.2, 0.25) is 0 Å². The van der Waals surface area contributed by atoms with Crippen molar-refractivity contribution in [2.75, 3.05) is 6.61 Å². The van der Waals surface area contributed by atoms with E-state index in [0.29, 0.717) is 17.4 Å². The summed E-state index contributed by atoms with van der Waals surface area (Å²) in [5.74, 6) is 2.77. The molecule has 0 fully saturated rings. The number of carboxylic acids is 1. The second-order valence-electron chi connectivity index (χ2n) is 5.02. The molecule has 1 aromatic carbocycles. The fourth-order valence-corrected chi connectivity index (χ4v) is 2.12. The Hall–Kier alpha value is -3.50. The summed E-state index contributed by atoms with van der Waals surface area (Å²) in [6.45, 7) is 0.216. The maximum Gasteiger partial charge on any atom is 0.354 e. The van der Waals surface area contributed by atoms with Gasteiger partial charge in [0, 0.05) is 6.08 Å². The first-order valence-corrected chi connectivity index (χ1v) is 7.32. The van der Waals surface area contributed by atoms with Gasteiger partial charge in [-0.2, -0.15) is 0 Å². The van der Waals surface area contributed by atoms with Crippen molar-refractivity contribution < 1.29 is 24.2 Å².